The molecule has 1 atom stereocenters. The Labute approximate surface area is 112 Å². The Hall–Kier alpha value is -0.350. The molecule has 5 heteroatoms. The van der Waals surface area contributed by atoms with Crippen molar-refractivity contribution >= 4 is 28.3 Å². The van der Waals surface area contributed by atoms with Gasteiger partial charge in [-0.25, -0.2) is 4.98 Å². The van der Waals surface area contributed by atoms with Gasteiger partial charge in [-0.3, -0.25) is 0 Å². The van der Waals surface area contributed by atoms with Gasteiger partial charge in [0.05, 0.1) is 0 Å². The second kappa shape index (κ2) is 6.01. The van der Waals surface area contributed by atoms with Crippen molar-refractivity contribution in [2.24, 2.45) is 0 Å². The van der Waals surface area contributed by atoms with Gasteiger partial charge >= 0.3 is 0 Å². The van der Waals surface area contributed by atoms with E-state index < -0.39 is 0 Å². The highest BCUT2D eigenvalue weighted by atomic mass is 35.5. The minimum Gasteiger partial charge on any atom is -0.344 e. The number of halogens is 1. The van der Waals surface area contributed by atoms with Crippen molar-refractivity contribution in [3.63, 3.8) is 0 Å². The summed E-state index contributed by atoms with van der Waals surface area (Å²) in [7, 11) is 0. The molecule has 3 nitrogen and oxygen atoms in total. The van der Waals surface area contributed by atoms with Crippen LogP contribution in [-0.2, 0) is 0 Å². The standard InChI is InChI=1S/C12H20ClN3S/c1-9(2)11-14-12(17-15-11)16-8-4-6-10(16)5-3-7-13/h9-10H,3-8H2,1-2H3. The van der Waals surface area contributed by atoms with Crippen LogP contribution in [0.15, 0.2) is 0 Å². The maximum absolute atomic E-state index is 5.78. The maximum atomic E-state index is 5.78. The lowest BCUT2D eigenvalue weighted by molar-refractivity contribution is 0.600. The number of anilines is 1. The Bertz CT molecular complexity index is 353. The molecule has 0 bridgehead atoms. The molecule has 0 amide bonds. The first kappa shape index (κ1) is 13.1. The Morgan fingerprint density at radius 2 is 2.35 bits per heavy atom. The van der Waals surface area contributed by atoms with E-state index in [-0.39, 0.29) is 0 Å². The molecule has 0 aromatic carbocycles. The third-order valence-corrected chi connectivity index (χ3v) is 4.28. The van der Waals surface area contributed by atoms with E-state index in [9.17, 15) is 0 Å². The first-order valence-corrected chi connectivity index (χ1v) is 7.69. The first-order valence-electron chi connectivity index (χ1n) is 6.38. The normalized spacial score (nSPS) is 20.5. The fourth-order valence-corrected chi connectivity index (χ4v) is 3.34. The molecule has 0 radical (unpaired) electrons. The summed E-state index contributed by atoms with van der Waals surface area (Å²) < 4.78 is 4.44. The van der Waals surface area contributed by atoms with Gasteiger partial charge in [-0.2, -0.15) is 4.37 Å². The zero-order valence-electron chi connectivity index (χ0n) is 10.5. The van der Waals surface area contributed by atoms with Crippen molar-refractivity contribution in [2.75, 3.05) is 17.3 Å². The van der Waals surface area contributed by atoms with Crippen LogP contribution in [0.1, 0.15) is 51.3 Å². The number of hydrogen-bond acceptors (Lipinski definition) is 4. The summed E-state index contributed by atoms with van der Waals surface area (Å²) in [6.07, 6.45) is 4.82. The molecule has 17 heavy (non-hydrogen) atoms. The molecule has 1 fully saturated rings. The minimum atomic E-state index is 0.420. The number of nitrogens with zero attached hydrogens (tertiary/aromatic N) is 3. The Kier molecular flexibility index (Phi) is 4.62. The summed E-state index contributed by atoms with van der Waals surface area (Å²) in [5.74, 6) is 2.16. The van der Waals surface area contributed by atoms with E-state index in [1.54, 1.807) is 11.5 Å². The molecule has 0 N–H and O–H groups in total. The highest BCUT2D eigenvalue weighted by Gasteiger charge is 2.27. The Morgan fingerprint density at radius 1 is 1.53 bits per heavy atom. The third kappa shape index (κ3) is 3.10. The van der Waals surface area contributed by atoms with Crippen molar-refractivity contribution in [3.8, 4) is 0 Å². The molecule has 2 rings (SSSR count). The van der Waals surface area contributed by atoms with E-state index >= 15 is 0 Å². The molecule has 96 valence electrons. The third-order valence-electron chi connectivity index (χ3n) is 3.24. The van der Waals surface area contributed by atoms with Crippen LogP contribution in [0.5, 0.6) is 0 Å². The van der Waals surface area contributed by atoms with Crippen molar-refractivity contribution in [1.82, 2.24) is 9.36 Å². The topological polar surface area (TPSA) is 29.0 Å². The fourth-order valence-electron chi connectivity index (χ4n) is 2.28. The van der Waals surface area contributed by atoms with Gasteiger partial charge in [0.15, 0.2) is 0 Å². The molecule has 0 aliphatic carbocycles. The molecule has 1 aromatic heterocycles. The molecule has 2 heterocycles. The van der Waals surface area contributed by atoms with Crippen molar-refractivity contribution in [1.29, 1.82) is 0 Å². The molecular weight excluding hydrogens is 254 g/mol. The van der Waals surface area contributed by atoms with E-state index in [1.807, 2.05) is 0 Å². The SMILES string of the molecule is CC(C)c1nsc(N2CCCC2CCCCl)n1. The quantitative estimate of drug-likeness (QED) is 0.767. The van der Waals surface area contributed by atoms with Gasteiger partial charge in [0, 0.05) is 35.9 Å². The average Bonchev–Trinajstić information content (AvgIpc) is 2.94. The molecule has 1 aliphatic heterocycles. The monoisotopic (exact) mass is 273 g/mol. The van der Waals surface area contributed by atoms with Crippen LogP contribution in [0.4, 0.5) is 5.13 Å². The highest BCUT2D eigenvalue weighted by Crippen LogP contribution is 2.30. The van der Waals surface area contributed by atoms with E-state index in [1.165, 1.54) is 19.3 Å². The predicted octanol–water partition coefficient (Wildman–Crippen LogP) is 3.65. The van der Waals surface area contributed by atoms with Gasteiger partial charge in [0.2, 0.25) is 5.13 Å². The van der Waals surface area contributed by atoms with Gasteiger partial charge in [0.25, 0.3) is 0 Å². The van der Waals surface area contributed by atoms with Crippen LogP contribution in [0.2, 0.25) is 0 Å². The van der Waals surface area contributed by atoms with Crippen LogP contribution < -0.4 is 4.90 Å². The molecule has 0 saturated carbocycles. The Balaban J connectivity index is 2.03. The largest absolute Gasteiger partial charge is 0.344 e. The average molecular weight is 274 g/mol. The van der Waals surface area contributed by atoms with Crippen LogP contribution in [-0.4, -0.2) is 27.8 Å². The lowest BCUT2D eigenvalue weighted by atomic mass is 10.1. The molecule has 1 aliphatic rings. The second-order valence-electron chi connectivity index (χ2n) is 4.91. The first-order chi connectivity index (χ1) is 8.22. The van der Waals surface area contributed by atoms with Crippen molar-refractivity contribution in [3.05, 3.63) is 5.82 Å². The summed E-state index contributed by atoms with van der Waals surface area (Å²) >= 11 is 7.32. The van der Waals surface area contributed by atoms with Crippen LogP contribution in [0, 0.1) is 0 Å². The maximum Gasteiger partial charge on any atom is 0.205 e. The van der Waals surface area contributed by atoms with Crippen LogP contribution in [0.25, 0.3) is 0 Å². The number of aromatic nitrogens is 2. The van der Waals surface area contributed by atoms with E-state index in [0.29, 0.717) is 12.0 Å². The van der Waals surface area contributed by atoms with Gasteiger partial charge < -0.3 is 4.90 Å². The Morgan fingerprint density at radius 3 is 3.00 bits per heavy atom. The van der Waals surface area contributed by atoms with Gasteiger partial charge in [-0.15, -0.1) is 11.6 Å². The molecule has 1 aromatic rings. The lowest BCUT2D eigenvalue weighted by Crippen LogP contribution is -2.29. The summed E-state index contributed by atoms with van der Waals surface area (Å²) in [4.78, 5) is 7.08. The lowest BCUT2D eigenvalue weighted by Gasteiger charge is -2.23. The highest BCUT2D eigenvalue weighted by molar-refractivity contribution is 7.09. The number of alkyl halides is 1. The molecule has 0 spiro atoms. The van der Waals surface area contributed by atoms with Crippen molar-refractivity contribution < 1.29 is 0 Å². The molecule has 1 saturated heterocycles. The van der Waals surface area contributed by atoms with Crippen molar-refractivity contribution in [2.45, 2.75) is 51.5 Å². The number of hydrogen-bond donors (Lipinski definition) is 0. The van der Waals surface area contributed by atoms with Gasteiger partial charge in [-0.1, -0.05) is 13.8 Å². The summed E-state index contributed by atoms with van der Waals surface area (Å²) in [6, 6.07) is 0.627. The molecular formula is C12H20ClN3S. The smallest absolute Gasteiger partial charge is 0.205 e. The molecule has 1 unspecified atom stereocenters. The van der Waals surface area contributed by atoms with Crippen LogP contribution in [0.3, 0.4) is 0 Å². The fraction of sp³-hybridized carbons (Fsp3) is 0.833. The van der Waals surface area contributed by atoms with E-state index in [2.05, 4.69) is 28.1 Å². The van der Waals surface area contributed by atoms with Crippen LogP contribution >= 0.6 is 23.1 Å². The predicted molar refractivity (Wildman–Crippen MR) is 74.3 cm³/mol. The van der Waals surface area contributed by atoms with E-state index in [4.69, 9.17) is 11.6 Å². The zero-order valence-corrected chi connectivity index (χ0v) is 12.1. The zero-order chi connectivity index (χ0) is 12.3. The summed E-state index contributed by atoms with van der Waals surface area (Å²) in [5, 5.41) is 1.10. The minimum absolute atomic E-state index is 0.420. The van der Waals surface area contributed by atoms with E-state index in [0.717, 1.165) is 29.8 Å². The van der Waals surface area contributed by atoms with Gasteiger partial charge in [-0.05, 0) is 25.7 Å². The summed E-state index contributed by atoms with van der Waals surface area (Å²) in [6.45, 7) is 5.40. The second-order valence-corrected chi connectivity index (χ2v) is 6.02. The number of rotatable bonds is 5. The van der Waals surface area contributed by atoms with Gasteiger partial charge in [0.1, 0.15) is 5.82 Å². The summed E-state index contributed by atoms with van der Waals surface area (Å²) in [5.41, 5.74) is 0.